The van der Waals surface area contributed by atoms with Gasteiger partial charge in [-0.15, -0.1) is 0 Å². The van der Waals surface area contributed by atoms with E-state index in [0.717, 1.165) is 21.8 Å². The lowest BCUT2D eigenvalue weighted by Crippen LogP contribution is -2.49. The van der Waals surface area contributed by atoms with Crippen molar-refractivity contribution in [3.8, 4) is 0 Å². The minimum atomic E-state index is -0.597. The zero-order valence-electron chi connectivity index (χ0n) is 11.6. The summed E-state index contributed by atoms with van der Waals surface area (Å²) in [6.45, 7) is 8.54. The Balaban J connectivity index is 4.47. The quantitative estimate of drug-likeness (QED) is 0.492. The molecule has 0 aliphatic rings. The molecule has 0 aromatic heterocycles. The average Bonchev–Trinajstić information content (AvgIpc) is 2.26. The lowest BCUT2D eigenvalue weighted by atomic mass is 9.72. The summed E-state index contributed by atoms with van der Waals surface area (Å²) in [6, 6.07) is 0. The van der Waals surface area contributed by atoms with E-state index in [0.29, 0.717) is 13.2 Å². The van der Waals surface area contributed by atoms with Crippen molar-refractivity contribution in [2.45, 2.75) is 33.8 Å². The smallest absolute Gasteiger partial charge is 0.290 e. The SMILES string of the molecule is COCC(C)(C)C(O)C(C)(C)CNC(=O)SSN. The van der Waals surface area contributed by atoms with Crippen LogP contribution in [-0.2, 0) is 4.74 Å². The van der Waals surface area contributed by atoms with E-state index in [-0.39, 0.29) is 10.7 Å². The molecule has 0 aromatic rings. The number of hydrogen-bond acceptors (Lipinski definition) is 6. The van der Waals surface area contributed by atoms with E-state index < -0.39 is 11.5 Å². The second-order valence-electron chi connectivity index (χ2n) is 5.63. The molecular formula is C11H24N2O3S2. The van der Waals surface area contributed by atoms with Crippen molar-refractivity contribution in [2.24, 2.45) is 16.0 Å². The number of aliphatic hydroxyl groups excluding tert-OH is 1. The fourth-order valence-corrected chi connectivity index (χ4v) is 2.64. The Morgan fingerprint density at radius 2 is 1.94 bits per heavy atom. The van der Waals surface area contributed by atoms with E-state index in [1.54, 1.807) is 7.11 Å². The number of hydrogen-bond donors (Lipinski definition) is 3. The van der Waals surface area contributed by atoms with Crippen molar-refractivity contribution < 1.29 is 14.6 Å². The van der Waals surface area contributed by atoms with Gasteiger partial charge in [0.15, 0.2) is 0 Å². The third-order valence-corrected chi connectivity index (χ3v) is 3.94. The van der Waals surface area contributed by atoms with Gasteiger partial charge >= 0.3 is 0 Å². The lowest BCUT2D eigenvalue weighted by molar-refractivity contribution is -0.0703. The van der Waals surface area contributed by atoms with Crippen LogP contribution in [0, 0.1) is 10.8 Å². The lowest BCUT2D eigenvalue weighted by Gasteiger charge is -2.40. The van der Waals surface area contributed by atoms with Crippen LogP contribution in [0.15, 0.2) is 0 Å². The van der Waals surface area contributed by atoms with Gasteiger partial charge in [-0.25, -0.2) is 0 Å². The fraction of sp³-hybridized carbons (Fsp3) is 0.909. The Morgan fingerprint density at radius 3 is 2.39 bits per heavy atom. The van der Waals surface area contributed by atoms with Gasteiger partial charge in [-0.05, 0) is 11.0 Å². The second kappa shape index (κ2) is 7.59. The molecule has 0 aliphatic heterocycles. The first-order chi connectivity index (χ1) is 8.17. The molecule has 108 valence electrons. The van der Waals surface area contributed by atoms with Crippen LogP contribution in [0.5, 0.6) is 0 Å². The van der Waals surface area contributed by atoms with Crippen LogP contribution >= 0.6 is 21.8 Å². The average molecular weight is 296 g/mol. The number of aliphatic hydroxyl groups is 1. The summed E-state index contributed by atoms with van der Waals surface area (Å²) in [5, 5.41) is 18.1. The Labute approximate surface area is 117 Å². The normalized spacial score (nSPS) is 14.4. The minimum absolute atomic E-state index is 0.202. The number of nitrogens with two attached hydrogens (primary N) is 1. The Kier molecular flexibility index (Phi) is 7.61. The number of carbonyl (C=O) groups is 1. The first kappa shape index (κ1) is 18.0. The van der Waals surface area contributed by atoms with Gasteiger partial charge in [0.1, 0.15) is 0 Å². The predicted octanol–water partition coefficient (Wildman–Crippen LogP) is 2.01. The summed E-state index contributed by atoms with van der Waals surface area (Å²) < 4.78 is 5.12. The first-order valence-electron chi connectivity index (χ1n) is 5.65. The van der Waals surface area contributed by atoms with Crippen molar-refractivity contribution >= 4 is 27.0 Å². The van der Waals surface area contributed by atoms with Gasteiger partial charge in [0, 0.05) is 35.3 Å². The van der Waals surface area contributed by atoms with Crippen molar-refractivity contribution in [2.75, 3.05) is 20.3 Å². The number of rotatable bonds is 7. The molecule has 1 unspecified atom stereocenters. The monoisotopic (exact) mass is 296 g/mol. The molecule has 5 nitrogen and oxygen atoms in total. The van der Waals surface area contributed by atoms with Crippen molar-refractivity contribution in [3.05, 3.63) is 0 Å². The van der Waals surface area contributed by atoms with Crippen LogP contribution in [0.2, 0.25) is 0 Å². The third-order valence-electron chi connectivity index (χ3n) is 2.81. The summed E-state index contributed by atoms with van der Waals surface area (Å²) >= 11 is 0. The molecule has 0 fully saturated rings. The highest BCUT2D eigenvalue weighted by molar-refractivity contribution is 8.81. The van der Waals surface area contributed by atoms with Gasteiger partial charge in [-0.2, -0.15) is 0 Å². The number of methoxy groups -OCH3 is 1. The maximum atomic E-state index is 11.3. The molecular weight excluding hydrogens is 272 g/mol. The predicted molar refractivity (Wildman–Crippen MR) is 78.2 cm³/mol. The second-order valence-corrected chi connectivity index (χ2v) is 7.44. The largest absolute Gasteiger partial charge is 0.392 e. The number of amides is 1. The van der Waals surface area contributed by atoms with Crippen LogP contribution in [0.4, 0.5) is 4.79 Å². The topological polar surface area (TPSA) is 84.6 Å². The van der Waals surface area contributed by atoms with Gasteiger partial charge in [-0.3, -0.25) is 9.93 Å². The summed E-state index contributed by atoms with van der Waals surface area (Å²) in [7, 11) is 3.45. The molecule has 0 aliphatic carbocycles. The van der Waals surface area contributed by atoms with Crippen LogP contribution in [-0.4, -0.2) is 36.7 Å². The van der Waals surface area contributed by atoms with Crippen molar-refractivity contribution in [1.82, 2.24) is 5.32 Å². The summed E-state index contributed by atoms with van der Waals surface area (Å²) in [5.41, 5.74) is -0.823. The third kappa shape index (κ3) is 5.79. The summed E-state index contributed by atoms with van der Waals surface area (Å²) in [6.07, 6.45) is -0.597. The Hall–Kier alpha value is 0.0500. The summed E-state index contributed by atoms with van der Waals surface area (Å²) in [4.78, 5) is 11.3. The van der Waals surface area contributed by atoms with E-state index in [1.165, 1.54) is 0 Å². The van der Waals surface area contributed by atoms with Crippen LogP contribution < -0.4 is 10.5 Å². The van der Waals surface area contributed by atoms with Gasteiger partial charge in [0.2, 0.25) is 0 Å². The Bertz CT molecular complexity index is 273. The first-order valence-corrected chi connectivity index (χ1v) is 7.87. The standard InChI is InChI=1S/C11H24N2O3S2/c1-10(2,6-13-9(15)17-18-12)8(14)11(3,4)7-16-5/h8,14H,6-7,12H2,1-5H3,(H,13,15). The molecule has 1 atom stereocenters. The number of ether oxygens (including phenoxy) is 1. The van der Waals surface area contributed by atoms with Crippen LogP contribution in [0.25, 0.3) is 0 Å². The minimum Gasteiger partial charge on any atom is -0.392 e. The number of carbonyl (C=O) groups excluding carboxylic acids is 1. The zero-order valence-corrected chi connectivity index (χ0v) is 13.3. The van der Waals surface area contributed by atoms with E-state index in [4.69, 9.17) is 9.88 Å². The fourth-order valence-electron chi connectivity index (χ4n) is 1.98. The molecule has 0 heterocycles. The van der Waals surface area contributed by atoms with E-state index >= 15 is 0 Å². The van der Waals surface area contributed by atoms with Gasteiger partial charge in [0.05, 0.1) is 12.7 Å². The molecule has 0 saturated heterocycles. The highest BCUT2D eigenvalue weighted by Gasteiger charge is 2.39. The zero-order chi connectivity index (χ0) is 14.4. The highest BCUT2D eigenvalue weighted by atomic mass is 33.1. The molecule has 4 N–H and O–H groups in total. The van der Waals surface area contributed by atoms with Crippen LogP contribution in [0.3, 0.4) is 0 Å². The van der Waals surface area contributed by atoms with E-state index in [2.05, 4.69) is 5.32 Å². The molecule has 0 saturated carbocycles. The molecule has 0 bridgehead atoms. The van der Waals surface area contributed by atoms with E-state index in [1.807, 2.05) is 27.7 Å². The molecule has 18 heavy (non-hydrogen) atoms. The van der Waals surface area contributed by atoms with Crippen molar-refractivity contribution in [3.63, 3.8) is 0 Å². The molecule has 7 heteroatoms. The summed E-state index contributed by atoms with van der Waals surface area (Å²) in [5.74, 6) is 0. The molecule has 0 radical (unpaired) electrons. The number of nitrogens with one attached hydrogen (secondary N) is 1. The maximum absolute atomic E-state index is 11.3. The highest BCUT2D eigenvalue weighted by Crippen LogP contribution is 2.34. The molecule has 0 aromatic carbocycles. The van der Waals surface area contributed by atoms with Gasteiger partial charge in [-0.1, -0.05) is 27.7 Å². The van der Waals surface area contributed by atoms with Gasteiger partial charge in [0.25, 0.3) is 5.24 Å². The van der Waals surface area contributed by atoms with E-state index in [9.17, 15) is 9.90 Å². The molecule has 0 rings (SSSR count). The maximum Gasteiger partial charge on any atom is 0.290 e. The Morgan fingerprint density at radius 1 is 1.39 bits per heavy atom. The van der Waals surface area contributed by atoms with Gasteiger partial charge < -0.3 is 15.2 Å². The van der Waals surface area contributed by atoms with Crippen LogP contribution in [0.1, 0.15) is 27.7 Å². The van der Waals surface area contributed by atoms with Crippen molar-refractivity contribution in [1.29, 1.82) is 0 Å². The molecule has 1 amide bonds. The molecule has 0 spiro atoms.